The molecule has 0 fully saturated rings. The summed E-state index contributed by atoms with van der Waals surface area (Å²) < 4.78 is 6.80. The summed E-state index contributed by atoms with van der Waals surface area (Å²) in [6.07, 6.45) is 0. The van der Waals surface area contributed by atoms with Gasteiger partial charge in [0.25, 0.3) is 0 Å². The van der Waals surface area contributed by atoms with Gasteiger partial charge >= 0.3 is 5.69 Å². The second-order valence-electron chi connectivity index (χ2n) is 4.57. The second kappa shape index (κ2) is 4.77. The van der Waals surface area contributed by atoms with E-state index in [1.807, 2.05) is 18.2 Å². The van der Waals surface area contributed by atoms with Gasteiger partial charge in [-0.1, -0.05) is 12.1 Å². The minimum absolute atomic E-state index is 0.184. The number of ether oxygens (including phenoxy) is 1. The Labute approximate surface area is 115 Å². The Kier molecular flexibility index (Phi) is 2.95. The Bertz CT molecular complexity index is 817. The van der Waals surface area contributed by atoms with Crippen molar-refractivity contribution >= 4 is 11.0 Å². The van der Waals surface area contributed by atoms with Crippen LogP contribution < -0.4 is 10.4 Å². The van der Waals surface area contributed by atoms with Gasteiger partial charge in [0.15, 0.2) is 0 Å². The Morgan fingerprint density at radius 2 is 2.10 bits per heavy atom. The molecule has 0 aliphatic heterocycles. The van der Waals surface area contributed by atoms with Crippen LogP contribution >= 0.6 is 0 Å². The predicted octanol–water partition coefficient (Wildman–Crippen LogP) is 2.09. The number of aromatic amines is 1. The number of methoxy groups -OCH3 is 1. The van der Waals surface area contributed by atoms with Gasteiger partial charge in [-0.05, 0) is 29.8 Å². The third-order valence-corrected chi connectivity index (χ3v) is 3.23. The zero-order valence-corrected chi connectivity index (χ0v) is 11.0. The second-order valence-corrected chi connectivity index (χ2v) is 4.57. The van der Waals surface area contributed by atoms with Crippen LogP contribution in [0.1, 0.15) is 5.56 Å². The molecule has 0 atom stereocenters. The number of fused-ring (bicyclic) bond motifs is 1. The number of rotatable bonds is 3. The van der Waals surface area contributed by atoms with E-state index in [0.29, 0.717) is 12.3 Å². The summed E-state index contributed by atoms with van der Waals surface area (Å²) in [4.78, 5) is 14.8. The van der Waals surface area contributed by atoms with Gasteiger partial charge in [0, 0.05) is 6.07 Å². The quantitative estimate of drug-likeness (QED) is 0.765. The van der Waals surface area contributed by atoms with Crippen LogP contribution in [0.4, 0.5) is 0 Å². The third kappa shape index (κ3) is 2.14. The predicted molar refractivity (Wildman–Crippen MR) is 76.3 cm³/mol. The molecule has 3 aromatic rings. The molecule has 0 aliphatic rings. The van der Waals surface area contributed by atoms with Crippen LogP contribution in [0.5, 0.6) is 11.5 Å². The summed E-state index contributed by atoms with van der Waals surface area (Å²) in [7, 11) is 1.59. The first-order valence-electron chi connectivity index (χ1n) is 6.22. The van der Waals surface area contributed by atoms with Crippen molar-refractivity contribution in [3.63, 3.8) is 0 Å². The molecule has 5 nitrogen and oxygen atoms in total. The zero-order valence-electron chi connectivity index (χ0n) is 11.0. The summed E-state index contributed by atoms with van der Waals surface area (Å²) in [6.45, 7) is 0.389. The summed E-state index contributed by atoms with van der Waals surface area (Å²) in [6, 6.07) is 12.3. The van der Waals surface area contributed by atoms with Gasteiger partial charge in [-0.25, -0.2) is 4.79 Å². The zero-order chi connectivity index (χ0) is 14.1. The van der Waals surface area contributed by atoms with Crippen LogP contribution in [-0.2, 0) is 6.54 Å². The summed E-state index contributed by atoms with van der Waals surface area (Å²) in [5.41, 5.74) is 2.21. The molecule has 0 radical (unpaired) electrons. The van der Waals surface area contributed by atoms with Crippen molar-refractivity contribution in [2.24, 2.45) is 0 Å². The molecule has 3 rings (SSSR count). The van der Waals surface area contributed by atoms with Crippen LogP contribution in [0.2, 0.25) is 0 Å². The fraction of sp³-hybridized carbons (Fsp3) is 0.133. The maximum atomic E-state index is 12.0. The number of benzene rings is 2. The molecule has 1 heterocycles. The molecule has 0 amide bonds. The number of nitrogens with one attached hydrogen (secondary N) is 1. The molecule has 20 heavy (non-hydrogen) atoms. The van der Waals surface area contributed by atoms with Gasteiger partial charge in [-0.2, -0.15) is 0 Å². The van der Waals surface area contributed by atoms with Crippen LogP contribution in [-0.4, -0.2) is 21.8 Å². The van der Waals surface area contributed by atoms with E-state index in [4.69, 9.17) is 4.74 Å². The lowest BCUT2D eigenvalue weighted by atomic mass is 10.2. The number of imidazole rings is 1. The highest BCUT2D eigenvalue weighted by Crippen LogP contribution is 2.19. The Balaban J connectivity index is 2.10. The number of hydrogen-bond acceptors (Lipinski definition) is 3. The first kappa shape index (κ1) is 12.3. The minimum Gasteiger partial charge on any atom is -0.508 e. The summed E-state index contributed by atoms with van der Waals surface area (Å²) in [5, 5.41) is 9.49. The highest BCUT2D eigenvalue weighted by Gasteiger charge is 2.08. The third-order valence-electron chi connectivity index (χ3n) is 3.23. The normalized spacial score (nSPS) is 10.8. The molecule has 5 heteroatoms. The van der Waals surface area contributed by atoms with Crippen LogP contribution in [0.25, 0.3) is 11.0 Å². The molecular weight excluding hydrogens is 256 g/mol. The molecule has 0 saturated carbocycles. The standard InChI is InChI=1S/C15H14N2O3/c1-20-12-5-6-13-14(8-12)17(15(19)16-13)9-10-3-2-4-11(18)7-10/h2-8,18H,9H2,1H3,(H,16,19). The molecule has 1 aromatic heterocycles. The highest BCUT2D eigenvalue weighted by atomic mass is 16.5. The number of hydrogen-bond donors (Lipinski definition) is 2. The van der Waals surface area contributed by atoms with Crippen molar-refractivity contribution in [1.82, 2.24) is 9.55 Å². The van der Waals surface area contributed by atoms with Gasteiger partial charge < -0.3 is 14.8 Å². The van der Waals surface area contributed by atoms with Crippen LogP contribution in [0.3, 0.4) is 0 Å². The molecule has 102 valence electrons. The number of aromatic hydroxyl groups is 1. The van der Waals surface area contributed by atoms with Crippen molar-refractivity contribution in [2.75, 3.05) is 7.11 Å². The summed E-state index contributed by atoms with van der Waals surface area (Å²) >= 11 is 0. The number of phenols is 1. The molecular formula is C15H14N2O3. The van der Waals surface area contributed by atoms with E-state index >= 15 is 0 Å². The van der Waals surface area contributed by atoms with Crippen LogP contribution in [0, 0.1) is 0 Å². The van der Waals surface area contributed by atoms with Crippen molar-refractivity contribution < 1.29 is 9.84 Å². The maximum absolute atomic E-state index is 12.0. The summed E-state index contributed by atoms with van der Waals surface area (Å²) in [5.74, 6) is 0.883. The molecule has 2 N–H and O–H groups in total. The molecule has 2 aromatic carbocycles. The smallest absolute Gasteiger partial charge is 0.326 e. The van der Waals surface area contributed by atoms with Crippen molar-refractivity contribution in [2.45, 2.75) is 6.54 Å². The average Bonchev–Trinajstić information content (AvgIpc) is 2.74. The van der Waals surface area contributed by atoms with E-state index in [0.717, 1.165) is 16.6 Å². The largest absolute Gasteiger partial charge is 0.508 e. The highest BCUT2D eigenvalue weighted by molar-refractivity contribution is 5.77. The molecule has 0 bridgehead atoms. The van der Waals surface area contributed by atoms with Crippen LogP contribution in [0.15, 0.2) is 47.3 Å². The number of aromatic nitrogens is 2. The lowest BCUT2D eigenvalue weighted by molar-refractivity contribution is 0.415. The number of H-pyrrole nitrogens is 1. The fourth-order valence-electron chi connectivity index (χ4n) is 2.25. The Morgan fingerprint density at radius 3 is 2.85 bits per heavy atom. The monoisotopic (exact) mass is 270 g/mol. The molecule has 0 saturated heterocycles. The minimum atomic E-state index is -0.184. The SMILES string of the molecule is COc1ccc2[nH]c(=O)n(Cc3cccc(O)c3)c2c1. The lowest BCUT2D eigenvalue weighted by Gasteiger charge is -2.05. The van der Waals surface area contributed by atoms with E-state index in [-0.39, 0.29) is 11.4 Å². The molecule has 0 spiro atoms. The van der Waals surface area contributed by atoms with Gasteiger partial charge in [-0.3, -0.25) is 4.57 Å². The molecule has 0 unspecified atom stereocenters. The van der Waals surface area contributed by atoms with Crippen molar-refractivity contribution in [3.8, 4) is 11.5 Å². The fourth-order valence-corrected chi connectivity index (χ4v) is 2.25. The van der Waals surface area contributed by atoms with E-state index < -0.39 is 0 Å². The van der Waals surface area contributed by atoms with Gasteiger partial charge in [-0.15, -0.1) is 0 Å². The topological polar surface area (TPSA) is 67.2 Å². The van der Waals surface area contributed by atoms with Crippen molar-refractivity contribution in [1.29, 1.82) is 0 Å². The van der Waals surface area contributed by atoms with Gasteiger partial charge in [0.2, 0.25) is 0 Å². The lowest BCUT2D eigenvalue weighted by Crippen LogP contribution is -2.17. The number of nitrogens with zero attached hydrogens (tertiary/aromatic N) is 1. The Morgan fingerprint density at radius 1 is 1.25 bits per heavy atom. The van der Waals surface area contributed by atoms with Gasteiger partial charge in [0.05, 0.1) is 24.7 Å². The average molecular weight is 270 g/mol. The van der Waals surface area contributed by atoms with E-state index in [1.54, 1.807) is 35.9 Å². The first-order valence-corrected chi connectivity index (χ1v) is 6.22. The maximum Gasteiger partial charge on any atom is 0.326 e. The van der Waals surface area contributed by atoms with Gasteiger partial charge in [0.1, 0.15) is 11.5 Å². The van der Waals surface area contributed by atoms with E-state index in [2.05, 4.69) is 4.98 Å². The number of phenolic OH excluding ortho intramolecular Hbond substituents is 1. The van der Waals surface area contributed by atoms with E-state index in [1.165, 1.54) is 0 Å². The van der Waals surface area contributed by atoms with E-state index in [9.17, 15) is 9.90 Å². The molecule has 0 aliphatic carbocycles. The first-order chi connectivity index (χ1) is 9.67. The van der Waals surface area contributed by atoms with Crippen molar-refractivity contribution in [3.05, 3.63) is 58.5 Å². The Hall–Kier alpha value is -2.69.